The molecule has 1 fully saturated rings. The SMILES string of the molecule is CCC1(CNC(C)c2ccccn2)CCCC1. The summed E-state index contributed by atoms with van der Waals surface area (Å²) in [6, 6.07) is 6.50. The molecule has 1 N–H and O–H groups in total. The Bertz CT molecular complexity index is 328. The second-order valence-electron chi connectivity index (χ2n) is 5.42. The molecule has 0 radical (unpaired) electrons. The van der Waals surface area contributed by atoms with Crippen LogP contribution in [0.1, 0.15) is 57.7 Å². The maximum Gasteiger partial charge on any atom is 0.0570 e. The predicted octanol–water partition coefficient (Wildman–Crippen LogP) is 3.70. The topological polar surface area (TPSA) is 24.9 Å². The van der Waals surface area contributed by atoms with Crippen molar-refractivity contribution in [2.75, 3.05) is 6.54 Å². The van der Waals surface area contributed by atoms with Gasteiger partial charge in [-0.2, -0.15) is 0 Å². The van der Waals surface area contributed by atoms with Crippen molar-refractivity contribution in [3.8, 4) is 0 Å². The van der Waals surface area contributed by atoms with Gasteiger partial charge in [0.2, 0.25) is 0 Å². The van der Waals surface area contributed by atoms with Gasteiger partial charge in [-0.15, -0.1) is 0 Å². The van der Waals surface area contributed by atoms with Gasteiger partial charge >= 0.3 is 0 Å². The van der Waals surface area contributed by atoms with E-state index in [2.05, 4.69) is 36.3 Å². The van der Waals surface area contributed by atoms with E-state index in [-0.39, 0.29) is 0 Å². The van der Waals surface area contributed by atoms with Gasteiger partial charge in [-0.25, -0.2) is 0 Å². The minimum absolute atomic E-state index is 0.361. The van der Waals surface area contributed by atoms with Crippen LogP contribution in [0.15, 0.2) is 24.4 Å². The smallest absolute Gasteiger partial charge is 0.0570 e. The Morgan fingerprint density at radius 2 is 2.12 bits per heavy atom. The quantitative estimate of drug-likeness (QED) is 0.837. The summed E-state index contributed by atoms with van der Waals surface area (Å²) in [5, 5.41) is 3.67. The van der Waals surface area contributed by atoms with Crippen molar-refractivity contribution in [1.82, 2.24) is 10.3 Å². The van der Waals surface area contributed by atoms with Crippen molar-refractivity contribution in [2.24, 2.45) is 5.41 Å². The zero-order valence-corrected chi connectivity index (χ0v) is 11.1. The molecule has 2 nitrogen and oxygen atoms in total. The molecule has 1 heterocycles. The second kappa shape index (κ2) is 5.63. The minimum Gasteiger partial charge on any atom is -0.308 e. The number of pyridine rings is 1. The van der Waals surface area contributed by atoms with E-state index < -0.39 is 0 Å². The van der Waals surface area contributed by atoms with E-state index >= 15 is 0 Å². The van der Waals surface area contributed by atoms with Crippen LogP contribution < -0.4 is 5.32 Å². The Hall–Kier alpha value is -0.890. The first-order chi connectivity index (χ1) is 8.26. The molecule has 94 valence electrons. The number of rotatable bonds is 5. The van der Waals surface area contributed by atoms with E-state index in [1.54, 1.807) is 0 Å². The lowest BCUT2D eigenvalue weighted by molar-refractivity contribution is 0.258. The molecule has 17 heavy (non-hydrogen) atoms. The van der Waals surface area contributed by atoms with E-state index in [1.165, 1.54) is 32.1 Å². The molecule has 1 aliphatic rings. The summed E-state index contributed by atoms with van der Waals surface area (Å²) in [5.74, 6) is 0. The van der Waals surface area contributed by atoms with Gasteiger partial charge in [0, 0.05) is 18.8 Å². The van der Waals surface area contributed by atoms with Gasteiger partial charge in [0.15, 0.2) is 0 Å². The van der Waals surface area contributed by atoms with E-state index in [4.69, 9.17) is 0 Å². The Labute approximate surface area is 105 Å². The van der Waals surface area contributed by atoms with Gasteiger partial charge in [0.1, 0.15) is 0 Å². The van der Waals surface area contributed by atoms with Gasteiger partial charge < -0.3 is 5.32 Å². The molecule has 2 heteroatoms. The Morgan fingerprint density at radius 1 is 1.35 bits per heavy atom. The van der Waals surface area contributed by atoms with E-state index in [1.807, 2.05) is 12.3 Å². The molecule has 0 saturated heterocycles. The third-order valence-electron chi connectivity index (χ3n) is 4.33. The van der Waals surface area contributed by atoms with E-state index in [0.717, 1.165) is 12.2 Å². The van der Waals surface area contributed by atoms with Crippen LogP contribution in [0.5, 0.6) is 0 Å². The molecule has 0 aromatic carbocycles. The molecule has 0 aliphatic heterocycles. The molecule has 1 aromatic rings. The highest BCUT2D eigenvalue weighted by atomic mass is 14.9. The fourth-order valence-electron chi connectivity index (χ4n) is 2.89. The summed E-state index contributed by atoms with van der Waals surface area (Å²) in [7, 11) is 0. The second-order valence-corrected chi connectivity index (χ2v) is 5.42. The first-order valence-electron chi connectivity index (χ1n) is 6.90. The lowest BCUT2D eigenvalue weighted by Gasteiger charge is -2.29. The Kier molecular flexibility index (Phi) is 4.16. The molecule has 0 spiro atoms. The van der Waals surface area contributed by atoms with Crippen molar-refractivity contribution < 1.29 is 0 Å². The van der Waals surface area contributed by atoms with E-state index in [9.17, 15) is 0 Å². The first-order valence-corrected chi connectivity index (χ1v) is 6.90. The maximum absolute atomic E-state index is 4.41. The van der Waals surface area contributed by atoms with Gasteiger partial charge in [0.25, 0.3) is 0 Å². The van der Waals surface area contributed by atoms with Gasteiger partial charge in [-0.05, 0) is 43.7 Å². The molecule has 0 bridgehead atoms. The average Bonchev–Trinajstić information content (AvgIpc) is 2.86. The number of aromatic nitrogens is 1. The molecule has 1 unspecified atom stereocenters. The summed E-state index contributed by atoms with van der Waals surface area (Å²) in [4.78, 5) is 4.41. The summed E-state index contributed by atoms with van der Waals surface area (Å²) < 4.78 is 0. The van der Waals surface area contributed by atoms with Crippen LogP contribution in [0.4, 0.5) is 0 Å². The van der Waals surface area contributed by atoms with Crippen LogP contribution in [-0.4, -0.2) is 11.5 Å². The van der Waals surface area contributed by atoms with Crippen molar-refractivity contribution in [1.29, 1.82) is 0 Å². The third kappa shape index (κ3) is 3.06. The standard InChI is InChI=1S/C15H24N2/c1-3-15(9-5-6-10-15)12-17-13(2)14-8-4-7-11-16-14/h4,7-8,11,13,17H,3,5-6,9-10,12H2,1-2H3. The summed E-state index contributed by atoms with van der Waals surface area (Å²) in [6.07, 6.45) is 8.78. The van der Waals surface area contributed by atoms with Gasteiger partial charge in [-0.3, -0.25) is 4.98 Å². The lowest BCUT2D eigenvalue weighted by Crippen LogP contribution is -2.33. The predicted molar refractivity (Wildman–Crippen MR) is 71.8 cm³/mol. The lowest BCUT2D eigenvalue weighted by atomic mass is 9.83. The van der Waals surface area contributed by atoms with Gasteiger partial charge in [0.05, 0.1) is 5.69 Å². The molecule has 1 saturated carbocycles. The van der Waals surface area contributed by atoms with Crippen LogP contribution in [0.2, 0.25) is 0 Å². The van der Waals surface area contributed by atoms with Crippen molar-refractivity contribution in [3.63, 3.8) is 0 Å². The van der Waals surface area contributed by atoms with Crippen molar-refractivity contribution >= 4 is 0 Å². The zero-order chi connectivity index (χ0) is 12.1. The molecule has 1 aromatic heterocycles. The molecule has 1 atom stereocenters. The highest BCUT2D eigenvalue weighted by Crippen LogP contribution is 2.40. The monoisotopic (exact) mass is 232 g/mol. The highest BCUT2D eigenvalue weighted by molar-refractivity contribution is 5.07. The zero-order valence-electron chi connectivity index (χ0n) is 11.1. The normalized spacial score (nSPS) is 20.4. The van der Waals surface area contributed by atoms with Crippen LogP contribution in [0.3, 0.4) is 0 Å². The number of nitrogens with zero attached hydrogens (tertiary/aromatic N) is 1. The largest absolute Gasteiger partial charge is 0.308 e. The fraction of sp³-hybridized carbons (Fsp3) is 0.667. The van der Waals surface area contributed by atoms with E-state index in [0.29, 0.717) is 11.5 Å². The summed E-state index contributed by atoms with van der Waals surface area (Å²) in [5.41, 5.74) is 1.71. The number of hydrogen-bond acceptors (Lipinski definition) is 2. The fourth-order valence-corrected chi connectivity index (χ4v) is 2.89. The first kappa shape index (κ1) is 12.6. The average molecular weight is 232 g/mol. The minimum atomic E-state index is 0.361. The number of nitrogens with one attached hydrogen (secondary N) is 1. The summed E-state index contributed by atoms with van der Waals surface area (Å²) in [6.45, 7) is 5.68. The molecule has 2 rings (SSSR count). The molecular formula is C15H24N2. The van der Waals surface area contributed by atoms with Gasteiger partial charge in [-0.1, -0.05) is 25.8 Å². The Morgan fingerprint density at radius 3 is 2.71 bits per heavy atom. The third-order valence-corrected chi connectivity index (χ3v) is 4.33. The molecular weight excluding hydrogens is 208 g/mol. The van der Waals surface area contributed by atoms with Crippen molar-refractivity contribution in [2.45, 2.75) is 52.0 Å². The van der Waals surface area contributed by atoms with Crippen LogP contribution in [0.25, 0.3) is 0 Å². The summed E-state index contributed by atoms with van der Waals surface area (Å²) >= 11 is 0. The van der Waals surface area contributed by atoms with Crippen LogP contribution >= 0.6 is 0 Å². The van der Waals surface area contributed by atoms with Crippen molar-refractivity contribution in [3.05, 3.63) is 30.1 Å². The number of hydrogen-bond donors (Lipinski definition) is 1. The highest BCUT2D eigenvalue weighted by Gasteiger charge is 2.31. The molecule has 1 aliphatic carbocycles. The maximum atomic E-state index is 4.41. The van der Waals surface area contributed by atoms with Crippen LogP contribution in [-0.2, 0) is 0 Å². The Balaban J connectivity index is 1.89. The van der Waals surface area contributed by atoms with Crippen LogP contribution in [0, 0.1) is 5.41 Å². The molecule has 0 amide bonds.